The van der Waals surface area contributed by atoms with Crippen molar-refractivity contribution in [2.75, 3.05) is 0 Å². The van der Waals surface area contributed by atoms with Crippen LogP contribution in [0.3, 0.4) is 0 Å². The minimum atomic E-state index is 0.188. The lowest BCUT2D eigenvalue weighted by Crippen LogP contribution is -2.23. The van der Waals surface area contributed by atoms with E-state index in [0.29, 0.717) is 5.92 Å². The minimum Gasteiger partial charge on any atom is -0.327 e. The molecule has 1 heterocycles. The molecule has 2 nitrogen and oxygen atoms in total. The van der Waals surface area contributed by atoms with Gasteiger partial charge in [0, 0.05) is 18.4 Å². The largest absolute Gasteiger partial charge is 0.327 e. The van der Waals surface area contributed by atoms with Crippen molar-refractivity contribution in [2.24, 2.45) is 5.73 Å². The normalized spacial score (nSPS) is 15.7. The van der Waals surface area contributed by atoms with Crippen LogP contribution in [0.2, 0.25) is 0 Å². The fraction of sp³-hybridized carbons (Fsp3) is 0.500. The first kappa shape index (κ1) is 9.20. The van der Waals surface area contributed by atoms with Gasteiger partial charge in [-0.05, 0) is 37.0 Å². The maximum Gasteiger partial charge on any atom is 0.0305 e. The van der Waals surface area contributed by atoms with Crippen molar-refractivity contribution in [3.8, 4) is 0 Å². The van der Waals surface area contributed by atoms with E-state index in [0.717, 1.165) is 0 Å². The number of hydrogen-bond donors (Lipinski definition) is 1. The van der Waals surface area contributed by atoms with Crippen LogP contribution in [0.4, 0.5) is 0 Å². The van der Waals surface area contributed by atoms with Crippen molar-refractivity contribution < 1.29 is 0 Å². The van der Waals surface area contributed by atoms with Gasteiger partial charge in [-0.2, -0.15) is 0 Å². The predicted octanol–water partition coefficient (Wildman–Crippen LogP) is 1.84. The van der Waals surface area contributed by atoms with Crippen molar-refractivity contribution in [3.63, 3.8) is 0 Å². The van der Waals surface area contributed by atoms with E-state index >= 15 is 0 Å². The van der Waals surface area contributed by atoms with Crippen LogP contribution < -0.4 is 5.73 Å². The summed E-state index contributed by atoms with van der Waals surface area (Å²) in [5.41, 5.74) is 8.34. The number of aromatic nitrogens is 1. The lowest BCUT2D eigenvalue weighted by atomic mass is 9.93. The first-order valence-corrected chi connectivity index (χ1v) is 4.29. The van der Waals surface area contributed by atoms with Crippen LogP contribution in [-0.4, -0.2) is 11.0 Å². The maximum atomic E-state index is 5.81. The first-order chi connectivity index (χ1) is 5.63. The van der Waals surface area contributed by atoms with Gasteiger partial charge >= 0.3 is 0 Å². The highest BCUT2D eigenvalue weighted by molar-refractivity contribution is 5.25. The molecule has 0 saturated heterocycles. The number of rotatable bonds is 2. The van der Waals surface area contributed by atoms with Crippen LogP contribution in [0.25, 0.3) is 0 Å². The Morgan fingerprint density at radius 2 is 2.08 bits per heavy atom. The van der Waals surface area contributed by atoms with Gasteiger partial charge in [-0.15, -0.1) is 0 Å². The molecule has 0 saturated carbocycles. The molecule has 0 bridgehead atoms. The molecular weight excluding hydrogens is 148 g/mol. The van der Waals surface area contributed by atoms with Crippen LogP contribution >= 0.6 is 0 Å². The smallest absolute Gasteiger partial charge is 0.0305 e. The standard InChI is InChI=1S/C10H16N2/c1-7-4-5-12-6-10(7)8(2)9(3)11/h4-6,8-9H,11H2,1-3H3. The van der Waals surface area contributed by atoms with E-state index in [1.807, 2.05) is 25.4 Å². The molecule has 2 N–H and O–H groups in total. The molecule has 0 amide bonds. The van der Waals surface area contributed by atoms with E-state index < -0.39 is 0 Å². The molecule has 2 heteroatoms. The van der Waals surface area contributed by atoms with Gasteiger partial charge in [0.15, 0.2) is 0 Å². The Morgan fingerprint density at radius 1 is 1.42 bits per heavy atom. The number of pyridine rings is 1. The summed E-state index contributed by atoms with van der Waals surface area (Å²) in [6.45, 7) is 6.25. The van der Waals surface area contributed by atoms with E-state index in [1.54, 1.807) is 0 Å². The summed E-state index contributed by atoms with van der Waals surface area (Å²) >= 11 is 0. The molecule has 0 spiro atoms. The Hall–Kier alpha value is -0.890. The molecule has 0 radical (unpaired) electrons. The predicted molar refractivity (Wildman–Crippen MR) is 51.0 cm³/mol. The van der Waals surface area contributed by atoms with E-state index in [9.17, 15) is 0 Å². The fourth-order valence-corrected chi connectivity index (χ4v) is 1.24. The molecule has 0 aliphatic rings. The third kappa shape index (κ3) is 1.83. The second-order valence-electron chi connectivity index (χ2n) is 3.38. The van der Waals surface area contributed by atoms with Gasteiger partial charge in [-0.1, -0.05) is 6.92 Å². The van der Waals surface area contributed by atoms with E-state index in [4.69, 9.17) is 5.73 Å². The summed E-state index contributed by atoms with van der Waals surface area (Å²) in [6, 6.07) is 2.21. The molecule has 0 aliphatic heterocycles. The molecule has 1 aromatic heterocycles. The second kappa shape index (κ2) is 3.68. The zero-order valence-electron chi connectivity index (χ0n) is 7.91. The Kier molecular flexibility index (Phi) is 2.82. The number of aryl methyl sites for hydroxylation is 1. The summed E-state index contributed by atoms with van der Waals surface area (Å²) < 4.78 is 0. The highest BCUT2D eigenvalue weighted by Gasteiger charge is 2.11. The maximum absolute atomic E-state index is 5.81. The van der Waals surface area contributed by atoms with Crippen LogP contribution in [-0.2, 0) is 0 Å². The summed E-state index contributed by atoms with van der Waals surface area (Å²) in [6.07, 6.45) is 3.72. The van der Waals surface area contributed by atoms with E-state index in [-0.39, 0.29) is 6.04 Å². The van der Waals surface area contributed by atoms with Crippen LogP contribution in [0, 0.1) is 6.92 Å². The Labute approximate surface area is 73.8 Å². The van der Waals surface area contributed by atoms with Crippen molar-refractivity contribution in [2.45, 2.75) is 32.7 Å². The summed E-state index contributed by atoms with van der Waals surface area (Å²) in [5.74, 6) is 0.388. The van der Waals surface area contributed by atoms with Gasteiger partial charge in [-0.25, -0.2) is 0 Å². The molecule has 0 fully saturated rings. The second-order valence-corrected chi connectivity index (χ2v) is 3.38. The van der Waals surface area contributed by atoms with E-state index in [2.05, 4.69) is 18.8 Å². The van der Waals surface area contributed by atoms with Crippen molar-refractivity contribution in [1.82, 2.24) is 4.98 Å². The van der Waals surface area contributed by atoms with Crippen LogP contribution in [0.15, 0.2) is 18.5 Å². The third-order valence-corrected chi connectivity index (χ3v) is 2.36. The van der Waals surface area contributed by atoms with Crippen LogP contribution in [0.5, 0.6) is 0 Å². The number of nitrogens with two attached hydrogens (primary N) is 1. The quantitative estimate of drug-likeness (QED) is 0.724. The molecule has 2 unspecified atom stereocenters. The van der Waals surface area contributed by atoms with Gasteiger partial charge in [0.1, 0.15) is 0 Å². The molecule has 0 aromatic carbocycles. The zero-order valence-corrected chi connectivity index (χ0v) is 7.91. The fourth-order valence-electron chi connectivity index (χ4n) is 1.24. The summed E-state index contributed by atoms with van der Waals surface area (Å²) in [7, 11) is 0. The molecule has 1 rings (SSSR count). The zero-order chi connectivity index (χ0) is 9.14. The van der Waals surface area contributed by atoms with Gasteiger partial charge in [0.25, 0.3) is 0 Å². The lowest BCUT2D eigenvalue weighted by Gasteiger charge is -2.17. The number of hydrogen-bond acceptors (Lipinski definition) is 2. The topological polar surface area (TPSA) is 38.9 Å². The highest BCUT2D eigenvalue weighted by Crippen LogP contribution is 2.19. The van der Waals surface area contributed by atoms with Crippen molar-refractivity contribution in [3.05, 3.63) is 29.6 Å². The molecule has 12 heavy (non-hydrogen) atoms. The van der Waals surface area contributed by atoms with E-state index in [1.165, 1.54) is 11.1 Å². The average molecular weight is 164 g/mol. The molecular formula is C10H16N2. The van der Waals surface area contributed by atoms with Gasteiger partial charge in [0.05, 0.1) is 0 Å². The third-order valence-electron chi connectivity index (χ3n) is 2.36. The summed E-state index contributed by atoms with van der Waals surface area (Å²) in [5, 5.41) is 0. The van der Waals surface area contributed by atoms with Crippen molar-refractivity contribution >= 4 is 0 Å². The average Bonchev–Trinajstić information content (AvgIpc) is 2.04. The van der Waals surface area contributed by atoms with Gasteiger partial charge in [0.2, 0.25) is 0 Å². The van der Waals surface area contributed by atoms with Gasteiger partial charge in [-0.3, -0.25) is 4.98 Å². The number of nitrogens with zero attached hydrogens (tertiary/aromatic N) is 1. The first-order valence-electron chi connectivity index (χ1n) is 4.29. The van der Waals surface area contributed by atoms with Crippen molar-refractivity contribution in [1.29, 1.82) is 0 Å². The lowest BCUT2D eigenvalue weighted by molar-refractivity contribution is 0.608. The Bertz CT molecular complexity index is 256. The molecule has 1 aromatic rings. The molecule has 2 atom stereocenters. The monoisotopic (exact) mass is 164 g/mol. The van der Waals surface area contributed by atoms with Gasteiger partial charge < -0.3 is 5.73 Å². The Morgan fingerprint density at radius 3 is 2.58 bits per heavy atom. The minimum absolute atomic E-state index is 0.188. The van der Waals surface area contributed by atoms with Crippen LogP contribution in [0.1, 0.15) is 30.9 Å². The molecule has 66 valence electrons. The molecule has 0 aliphatic carbocycles. The highest BCUT2D eigenvalue weighted by atomic mass is 14.7. The summed E-state index contributed by atoms with van der Waals surface area (Å²) in [4.78, 5) is 4.09. The Balaban J connectivity index is 2.94. The SMILES string of the molecule is Cc1ccncc1C(C)C(C)N.